The van der Waals surface area contributed by atoms with E-state index in [0.29, 0.717) is 5.39 Å². The van der Waals surface area contributed by atoms with E-state index in [1.54, 1.807) is 17.9 Å². The Morgan fingerprint density at radius 1 is 1.31 bits per heavy atom. The van der Waals surface area contributed by atoms with E-state index in [-0.39, 0.29) is 12.3 Å². The molecule has 0 unspecified atom stereocenters. The number of nitrogens with zero attached hydrogens (tertiary/aromatic N) is 1. The zero-order valence-electron chi connectivity index (χ0n) is 8.78. The van der Waals surface area contributed by atoms with Crippen LogP contribution in [0.3, 0.4) is 0 Å². The van der Waals surface area contributed by atoms with Gasteiger partial charge in [0.1, 0.15) is 6.73 Å². The monoisotopic (exact) mass is 217 g/mol. The van der Waals surface area contributed by atoms with Gasteiger partial charge in [-0.3, -0.25) is 14.8 Å². The van der Waals surface area contributed by atoms with E-state index >= 15 is 0 Å². The Morgan fingerprint density at radius 3 is 2.94 bits per heavy atom. The predicted octanol–water partition coefficient (Wildman–Crippen LogP) is 1.36. The van der Waals surface area contributed by atoms with Crippen LogP contribution in [0.1, 0.15) is 0 Å². The largest absolute Gasteiger partial charge is 0.364 e. The Bertz CT molecular complexity index is 618. The van der Waals surface area contributed by atoms with Crippen molar-refractivity contribution < 1.29 is 4.74 Å². The standard InChI is InChI=1S/C11H11N3O2/c1-16-6-14-5-9-10-7(11(14)15)3-2-4-8(10)12-13-9/h2-5,12-13H,6H2,1H3. The molecule has 2 N–H and O–H groups in total. The lowest BCUT2D eigenvalue weighted by atomic mass is 10.1. The third-order valence-electron chi connectivity index (χ3n) is 2.71. The predicted molar refractivity (Wildman–Crippen MR) is 62.5 cm³/mol. The summed E-state index contributed by atoms with van der Waals surface area (Å²) in [4.78, 5) is 12.1. The van der Waals surface area contributed by atoms with Crippen LogP contribution in [0.15, 0.2) is 29.2 Å². The summed E-state index contributed by atoms with van der Waals surface area (Å²) in [6.07, 6.45) is 1.76. The second-order valence-corrected chi connectivity index (χ2v) is 3.71. The molecule has 0 radical (unpaired) electrons. The molecular formula is C11H11N3O2. The van der Waals surface area contributed by atoms with Crippen molar-refractivity contribution in [2.75, 3.05) is 18.0 Å². The van der Waals surface area contributed by atoms with Gasteiger partial charge in [-0.15, -0.1) is 0 Å². The molecule has 2 aromatic rings. The summed E-state index contributed by atoms with van der Waals surface area (Å²) in [6.45, 7) is 0.258. The van der Waals surface area contributed by atoms with Crippen molar-refractivity contribution in [2.24, 2.45) is 0 Å². The number of anilines is 2. The normalized spacial score (nSPS) is 12.6. The SMILES string of the molecule is COCn1cc2c3c(cccc3c1=O)NN2. The molecule has 0 amide bonds. The second kappa shape index (κ2) is 3.24. The Balaban J connectivity index is 2.39. The third-order valence-corrected chi connectivity index (χ3v) is 2.71. The van der Waals surface area contributed by atoms with Crippen LogP contribution in [0.5, 0.6) is 0 Å². The molecule has 2 heterocycles. The molecule has 0 bridgehead atoms. The summed E-state index contributed by atoms with van der Waals surface area (Å²) in [5.74, 6) is 0. The minimum Gasteiger partial charge on any atom is -0.364 e. The summed E-state index contributed by atoms with van der Waals surface area (Å²) in [6, 6.07) is 5.62. The number of benzene rings is 1. The van der Waals surface area contributed by atoms with E-state index in [9.17, 15) is 4.79 Å². The Morgan fingerprint density at radius 2 is 2.12 bits per heavy atom. The minimum atomic E-state index is -0.0343. The molecule has 0 aliphatic carbocycles. The molecule has 0 saturated heterocycles. The maximum Gasteiger partial charge on any atom is 0.260 e. The van der Waals surface area contributed by atoms with E-state index in [0.717, 1.165) is 16.8 Å². The van der Waals surface area contributed by atoms with Crippen molar-refractivity contribution in [3.63, 3.8) is 0 Å². The number of nitrogens with one attached hydrogen (secondary N) is 2. The highest BCUT2D eigenvalue weighted by molar-refractivity contribution is 6.06. The van der Waals surface area contributed by atoms with E-state index in [2.05, 4.69) is 10.9 Å². The van der Waals surface area contributed by atoms with E-state index in [1.165, 1.54) is 0 Å². The fourth-order valence-corrected chi connectivity index (χ4v) is 2.02. The quantitative estimate of drug-likeness (QED) is 0.797. The smallest absolute Gasteiger partial charge is 0.260 e. The van der Waals surface area contributed by atoms with Crippen LogP contribution in [0.2, 0.25) is 0 Å². The van der Waals surface area contributed by atoms with Gasteiger partial charge in [0.2, 0.25) is 0 Å². The van der Waals surface area contributed by atoms with E-state index in [4.69, 9.17) is 4.74 Å². The van der Waals surface area contributed by atoms with Crippen LogP contribution in [0.25, 0.3) is 10.8 Å². The van der Waals surface area contributed by atoms with Gasteiger partial charge in [-0.1, -0.05) is 6.07 Å². The van der Waals surface area contributed by atoms with Gasteiger partial charge in [-0.25, -0.2) is 0 Å². The van der Waals surface area contributed by atoms with Gasteiger partial charge in [-0.05, 0) is 12.1 Å². The molecule has 0 spiro atoms. The molecule has 0 saturated carbocycles. The van der Waals surface area contributed by atoms with E-state index < -0.39 is 0 Å². The average Bonchev–Trinajstić information content (AvgIpc) is 2.70. The zero-order valence-corrected chi connectivity index (χ0v) is 8.78. The summed E-state index contributed by atoms with van der Waals surface area (Å²) in [5.41, 5.74) is 7.87. The van der Waals surface area contributed by atoms with Crippen LogP contribution in [0, 0.1) is 0 Å². The Kier molecular flexibility index (Phi) is 1.87. The first-order chi connectivity index (χ1) is 7.81. The van der Waals surface area contributed by atoms with Gasteiger partial charge in [0.05, 0.1) is 16.8 Å². The first kappa shape index (κ1) is 9.23. The van der Waals surface area contributed by atoms with E-state index in [1.807, 2.05) is 18.2 Å². The van der Waals surface area contributed by atoms with Crippen molar-refractivity contribution in [3.05, 3.63) is 34.7 Å². The minimum absolute atomic E-state index is 0.0343. The van der Waals surface area contributed by atoms with Crippen molar-refractivity contribution >= 4 is 22.1 Å². The highest BCUT2D eigenvalue weighted by Crippen LogP contribution is 2.32. The number of ether oxygens (including phenoxy) is 1. The number of hydrogen-bond donors (Lipinski definition) is 2. The van der Waals surface area contributed by atoms with Crippen LogP contribution >= 0.6 is 0 Å². The van der Waals surface area contributed by atoms with Gasteiger partial charge in [0.25, 0.3) is 5.56 Å². The van der Waals surface area contributed by atoms with Crippen molar-refractivity contribution in [3.8, 4) is 0 Å². The molecular weight excluding hydrogens is 206 g/mol. The molecule has 5 heteroatoms. The summed E-state index contributed by atoms with van der Waals surface area (Å²) >= 11 is 0. The number of aromatic nitrogens is 1. The Hall–Kier alpha value is -2.01. The summed E-state index contributed by atoms with van der Waals surface area (Å²) in [5, 5.41) is 1.64. The highest BCUT2D eigenvalue weighted by atomic mass is 16.5. The van der Waals surface area contributed by atoms with Gasteiger partial charge < -0.3 is 10.2 Å². The lowest BCUT2D eigenvalue weighted by Crippen LogP contribution is -2.20. The molecule has 82 valence electrons. The lowest BCUT2D eigenvalue weighted by Gasteiger charge is -2.07. The molecule has 1 aliphatic heterocycles. The average molecular weight is 217 g/mol. The molecule has 0 atom stereocenters. The molecule has 1 aromatic heterocycles. The molecule has 16 heavy (non-hydrogen) atoms. The Labute approximate surface area is 91.6 Å². The first-order valence-corrected chi connectivity index (χ1v) is 4.98. The maximum atomic E-state index is 12.1. The van der Waals surface area contributed by atoms with Gasteiger partial charge in [0.15, 0.2) is 0 Å². The lowest BCUT2D eigenvalue weighted by molar-refractivity contribution is 0.129. The number of methoxy groups -OCH3 is 1. The molecule has 0 fully saturated rings. The van der Waals surface area contributed by atoms with Crippen molar-refractivity contribution in [2.45, 2.75) is 6.73 Å². The first-order valence-electron chi connectivity index (χ1n) is 4.98. The molecule has 1 aliphatic rings. The second-order valence-electron chi connectivity index (χ2n) is 3.71. The summed E-state index contributed by atoms with van der Waals surface area (Å²) < 4.78 is 6.53. The van der Waals surface area contributed by atoms with Gasteiger partial charge in [0, 0.05) is 18.7 Å². The van der Waals surface area contributed by atoms with Crippen LogP contribution in [-0.2, 0) is 11.5 Å². The molecule has 1 aromatic carbocycles. The molecule has 5 nitrogen and oxygen atoms in total. The highest BCUT2D eigenvalue weighted by Gasteiger charge is 2.16. The van der Waals surface area contributed by atoms with Crippen LogP contribution in [0.4, 0.5) is 11.4 Å². The summed E-state index contributed by atoms with van der Waals surface area (Å²) in [7, 11) is 1.57. The zero-order chi connectivity index (χ0) is 11.1. The maximum absolute atomic E-state index is 12.1. The number of hydrazine groups is 1. The molecule has 3 rings (SSSR count). The van der Waals surface area contributed by atoms with Gasteiger partial charge in [-0.2, -0.15) is 0 Å². The van der Waals surface area contributed by atoms with Gasteiger partial charge >= 0.3 is 0 Å². The fourth-order valence-electron chi connectivity index (χ4n) is 2.02. The van der Waals surface area contributed by atoms with Crippen molar-refractivity contribution in [1.29, 1.82) is 0 Å². The number of pyridine rings is 1. The topological polar surface area (TPSA) is 55.3 Å². The number of rotatable bonds is 2. The van der Waals surface area contributed by atoms with Crippen LogP contribution < -0.4 is 16.4 Å². The fraction of sp³-hybridized carbons (Fsp3) is 0.182. The third kappa shape index (κ3) is 1.12. The number of hydrogen-bond acceptors (Lipinski definition) is 4. The van der Waals surface area contributed by atoms with Crippen molar-refractivity contribution in [1.82, 2.24) is 4.57 Å². The van der Waals surface area contributed by atoms with Crippen LogP contribution in [-0.4, -0.2) is 11.7 Å².